The minimum Gasteiger partial charge on any atom is -0.392 e. The minimum atomic E-state index is -0.270. The van der Waals surface area contributed by atoms with Gasteiger partial charge in [-0.3, -0.25) is 4.98 Å². The lowest BCUT2D eigenvalue weighted by Gasteiger charge is -2.07. The van der Waals surface area contributed by atoms with Gasteiger partial charge in [-0.25, -0.2) is 9.37 Å². The van der Waals surface area contributed by atoms with Crippen molar-refractivity contribution in [2.45, 2.75) is 5.16 Å². The maximum absolute atomic E-state index is 13.3. The molecule has 128 valence electrons. The van der Waals surface area contributed by atoms with Gasteiger partial charge in [-0.05, 0) is 36.4 Å². The molecule has 0 spiro atoms. The van der Waals surface area contributed by atoms with Crippen LogP contribution in [0.25, 0.3) is 22.5 Å². The molecule has 0 saturated carbocycles. The van der Waals surface area contributed by atoms with Crippen molar-refractivity contribution in [2.75, 3.05) is 12.4 Å². The molecule has 0 aliphatic rings. The van der Waals surface area contributed by atoms with Crippen molar-refractivity contribution in [3.63, 3.8) is 0 Å². The van der Waals surface area contributed by atoms with E-state index in [0.717, 1.165) is 27.7 Å². The molecular formula is C19H18FN3OS. The fourth-order valence-electron chi connectivity index (χ4n) is 2.52. The molecule has 2 heterocycles. The molecule has 6 heteroatoms. The Balaban J connectivity index is 2.05. The number of hydrogen-bond acceptors (Lipinski definition) is 4. The van der Waals surface area contributed by atoms with Crippen molar-refractivity contribution < 1.29 is 9.50 Å². The SMILES string of the molecule is Cn1c(SCC=CCO)nc(-c2ccc(F)cc2)c1-c1ccncc1. The predicted molar refractivity (Wildman–Crippen MR) is 98.8 cm³/mol. The number of aliphatic hydroxyl groups is 1. The van der Waals surface area contributed by atoms with Gasteiger partial charge in [0.1, 0.15) is 5.82 Å². The Bertz CT molecular complexity index is 860. The molecule has 1 aromatic carbocycles. The number of imidazole rings is 1. The summed E-state index contributed by atoms with van der Waals surface area (Å²) >= 11 is 1.58. The Labute approximate surface area is 150 Å². The van der Waals surface area contributed by atoms with E-state index in [9.17, 15) is 4.39 Å². The van der Waals surface area contributed by atoms with Gasteiger partial charge in [0, 0.05) is 36.3 Å². The molecule has 2 aromatic heterocycles. The van der Waals surface area contributed by atoms with Gasteiger partial charge in [0.25, 0.3) is 0 Å². The van der Waals surface area contributed by atoms with Crippen LogP contribution in [0.4, 0.5) is 4.39 Å². The molecule has 0 bridgehead atoms. The van der Waals surface area contributed by atoms with Gasteiger partial charge in [-0.1, -0.05) is 23.9 Å². The first-order chi connectivity index (χ1) is 12.2. The first kappa shape index (κ1) is 17.4. The summed E-state index contributed by atoms with van der Waals surface area (Å²) in [6.45, 7) is 0.0320. The predicted octanol–water partition coefficient (Wildman–Crippen LogP) is 3.93. The molecular weight excluding hydrogens is 337 g/mol. The quantitative estimate of drug-likeness (QED) is 0.538. The summed E-state index contributed by atoms with van der Waals surface area (Å²) in [6, 6.07) is 10.2. The number of pyridine rings is 1. The Morgan fingerprint density at radius 1 is 1.08 bits per heavy atom. The Morgan fingerprint density at radius 2 is 1.80 bits per heavy atom. The number of halogens is 1. The molecule has 3 rings (SSSR count). The number of benzene rings is 1. The van der Waals surface area contributed by atoms with Crippen molar-refractivity contribution in [3.05, 3.63) is 66.8 Å². The summed E-state index contributed by atoms with van der Waals surface area (Å²) in [5, 5.41) is 9.69. The number of nitrogens with zero attached hydrogens (tertiary/aromatic N) is 3. The Kier molecular flexibility index (Phi) is 5.63. The minimum absolute atomic E-state index is 0.0320. The average molecular weight is 355 g/mol. The second-order valence-electron chi connectivity index (χ2n) is 5.36. The maximum atomic E-state index is 13.3. The maximum Gasteiger partial charge on any atom is 0.169 e. The zero-order valence-electron chi connectivity index (χ0n) is 13.8. The van der Waals surface area contributed by atoms with E-state index < -0.39 is 0 Å². The van der Waals surface area contributed by atoms with Gasteiger partial charge >= 0.3 is 0 Å². The fraction of sp³-hybridized carbons (Fsp3) is 0.158. The summed E-state index contributed by atoms with van der Waals surface area (Å²) in [4.78, 5) is 8.84. The molecule has 0 radical (unpaired) electrons. The molecule has 25 heavy (non-hydrogen) atoms. The van der Waals surface area contributed by atoms with E-state index in [0.29, 0.717) is 5.75 Å². The highest BCUT2D eigenvalue weighted by Crippen LogP contribution is 2.34. The largest absolute Gasteiger partial charge is 0.392 e. The highest BCUT2D eigenvalue weighted by atomic mass is 32.2. The summed E-state index contributed by atoms with van der Waals surface area (Å²) in [7, 11) is 1.97. The van der Waals surface area contributed by atoms with Crippen molar-refractivity contribution >= 4 is 11.8 Å². The first-order valence-corrected chi connectivity index (χ1v) is 8.81. The molecule has 0 unspecified atom stereocenters. The zero-order chi connectivity index (χ0) is 17.6. The Morgan fingerprint density at radius 3 is 2.48 bits per heavy atom. The van der Waals surface area contributed by atoms with E-state index in [2.05, 4.69) is 4.98 Å². The number of rotatable bonds is 6. The fourth-order valence-corrected chi connectivity index (χ4v) is 3.34. The second-order valence-corrected chi connectivity index (χ2v) is 6.35. The normalized spacial score (nSPS) is 11.3. The lowest BCUT2D eigenvalue weighted by Crippen LogP contribution is -1.95. The molecule has 1 N–H and O–H groups in total. The third-order valence-corrected chi connectivity index (χ3v) is 4.69. The molecule has 0 amide bonds. The van der Waals surface area contributed by atoms with E-state index in [1.54, 1.807) is 42.4 Å². The van der Waals surface area contributed by atoms with E-state index in [4.69, 9.17) is 10.1 Å². The van der Waals surface area contributed by atoms with Crippen molar-refractivity contribution in [1.29, 1.82) is 0 Å². The number of thioether (sulfide) groups is 1. The van der Waals surface area contributed by atoms with Crippen LogP contribution in [0.2, 0.25) is 0 Å². The average Bonchev–Trinajstić information content (AvgIpc) is 2.97. The molecule has 4 nitrogen and oxygen atoms in total. The van der Waals surface area contributed by atoms with Crippen molar-refractivity contribution in [3.8, 4) is 22.5 Å². The molecule has 0 fully saturated rings. The number of hydrogen-bond donors (Lipinski definition) is 1. The molecule has 0 aliphatic carbocycles. The standard InChI is InChI=1S/C19H18FN3OS/c1-23-18(15-8-10-21-11-9-15)17(14-4-6-16(20)7-5-14)22-19(23)25-13-3-2-12-24/h2-11,24H,12-13H2,1H3. The lowest BCUT2D eigenvalue weighted by atomic mass is 10.1. The highest BCUT2D eigenvalue weighted by Gasteiger charge is 2.18. The first-order valence-electron chi connectivity index (χ1n) is 7.82. The zero-order valence-corrected chi connectivity index (χ0v) is 14.6. The van der Waals surface area contributed by atoms with Crippen LogP contribution in [0, 0.1) is 5.82 Å². The smallest absolute Gasteiger partial charge is 0.169 e. The summed E-state index contributed by atoms with van der Waals surface area (Å²) in [5.74, 6) is 0.443. The summed E-state index contributed by atoms with van der Waals surface area (Å²) in [5.41, 5.74) is 3.63. The third-order valence-electron chi connectivity index (χ3n) is 3.71. The molecule has 0 saturated heterocycles. The number of aromatic nitrogens is 3. The van der Waals surface area contributed by atoms with Crippen molar-refractivity contribution in [1.82, 2.24) is 14.5 Å². The second kappa shape index (κ2) is 8.09. The third kappa shape index (κ3) is 3.97. The van der Waals surface area contributed by atoms with E-state index in [-0.39, 0.29) is 12.4 Å². The topological polar surface area (TPSA) is 50.9 Å². The summed E-state index contributed by atoms with van der Waals surface area (Å²) < 4.78 is 15.3. The molecule has 0 aliphatic heterocycles. The van der Waals surface area contributed by atoms with Crippen LogP contribution in [0.5, 0.6) is 0 Å². The summed E-state index contributed by atoms with van der Waals surface area (Å²) in [6.07, 6.45) is 7.10. The van der Waals surface area contributed by atoms with Crippen LogP contribution in [0.3, 0.4) is 0 Å². The van der Waals surface area contributed by atoms with Crippen LogP contribution in [-0.4, -0.2) is 32.0 Å². The number of aliphatic hydroxyl groups excluding tert-OH is 1. The van der Waals surface area contributed by atoms with Crippen LogP contribution >= 0.6 is 11.8 Å². The van der Waals surface area contributed by atoms with Crippen LogP contribution in [0.15, 0.2) is 66.1 Å². The lowest BCUT2D eigenvalue weighted by molar-refractivity contribution is 0.342. The van der Waals surface area contributed by atoms with E-state index in [1.807, 2.05) is 29.8 Å². The van der Waals surface area contributed by atoms with Gasteiger partial charge in [-0.2, -0.15) is 0 Å². The highest BCUT2D eigenvalue weighted by molar-refractivity contribution is 7.99. The molecule has 3 aromatic rings. The van der Waals surface area contributed by atoms with Gasteiger partial charge in [0.2, 0.25) is 0 Å². The van der Waals surface area contributed by atoms with Gasteiger partial charge < -0.3 is 9.67 Å². The Hall–Kier alpha value is -2.44. The van der Waals surface area contributed by atoms with Gasteiger partial charge in [0.15, 0.2) is 5.16 Å². The monoisotopic (exact) mass is 355 g/mol. The van der Waals surface area contributed by atoms with Crippen LogP contribution in [0.1, 0.15) is 0 Å². The van der Waals surface area contributed by atoms with Gasteiger partial charge in [-0.15, -0.1) is 0 Å². The van der Waals surface area contributed by atoms with Crippen molar-refractivity contribution in [2.24, 2.45) is 7.05 Å². The van der Waals surface area contributed by atoms with E-state index in [1.165, 1.54) is 12.1 Å². The molecule has 0 atom stereocenters. The van der Waals surface area contributed by atoms with Crippen LogP contribution in [-0.2, 0) is 7.05 Å². The van der Waals surface area contributed by atoms with Crippen LogP contribution < -0.4 is 0 Å². The van der Waals surface area contributed by atoms with Gasteiger partial charge in [0.05, 0.1) is 18.0 Å². The van der Waals surface area contributed by atoms with E-state index >= 15 is 0 Å².